The summed E-state index contributed by atoms with van der Waals surface area (Å²) in [6, 6.07) is 12.2. The van der Waals surface area contributed by atoms with Gasteiger partial charge in [-0.25, -0.2) is 4.79 Å². The van der Waals surface area contributed by atoms with E-state index in [1.54, 1.807) is 48.5 Å². The summed E-state index contributed by atoms with van der Waals surface area (Å²) in [5.74, 6) is 0.613. The van der Waals surface area contributed by atoms with Crippen molar-refractivity contribution in [3.8, 4) is 5.75 Å². The lowest BCUT2D eigenvalue weighted by Crippen LogP contribution is -2.25. The molecular formula is C30H38N2O4. The van der Waals surface area contributed by atoms with Crippen LogP contribution in [-0.4, -0.2) is 11.9 Å². The van der Waals surface area contributed by atoms with E-state index in [0.29, 0.717) is 17.1 Å². The Hall–Kier alpha value is -3.54. The van der Waals surface area contributed by atoms with Crippen LogP contribution in [0.4, 0.5) is 11.4 Å². The van der Waals surface area contributed by atoms with Gasteiger partial charge in [0.2, 0.25) is 0 Å². The SMILES string of the molecule is C=CCCCCCC1CCC(C(=O)Oc2ccc(/C=C/C(=O)OCc3cc(N)cc(N)c3)cc2)CC1. The second kappa shape index (κ2) is 14.1. The Bertz CT molecular complexity index is 1020. The first-order chi connectivity index (χ1) is 17.4. The summed E-state index contributed by atoms with van der Waals surface area (Å²) in [4.78, 5) is 24.6. The van der Waals surface area contributed by atoms with Crippen molar-refractivity contribution in [2.45, 2.75) is 64.4 Å². The van der Waals surface area contributed by atoms with E-state index in [9.17, 15) is 9.59 Å². The van der Waals surface area contributed by atoms with Crippen molar-refractivity contribution in [3.63, 3.8) is 0 Å². The highest BCUT2D eigenvalue weighted by molar-refractivity contribution is 5.87. The minimum Gasteiger partial charge on any atom is -0.458 e. The van der Waals surface area contributed by atoms with Crippen LogP contribution in [0, 0.1) is 11.8 Å². The summed E-state index contributed by atoms with van der Waals surface area (Å²) < 4.78 is 10.9. The van der Waals surface area contributed by atoms with Crippen molar-refractivity contribution in [2.24, 2.45) is 11.8 Å². The van der Waals surface area contributed by atoms with Crippen LogP contribution in [0.1, 0.15) is 68.9 Å². The predicted octanol–water partition coefficient (Wildman–Crippen LogP) is 6.46. The predicted molar refractivity (Wildman–Crippen MR) is 145 cm³/mol. The highest BCUT2D eigenvalue weighted by atomic mass is 16.5. The second-order valence-corrected chi connectivity index (χ2v) is 9.58. The lowest BCUT2D eigenvalue weighted by atomic mass is 9.80. The molecule has 2 aromatic rings. The number of benzene rings is 2. The van der Waals surface area contributed by atoms with Crippen LogP contribution in [-0.2, 0) is 20.9 Å². The van der Waals surface area contributed by atoms with Gasteiger partial charge >= 0.3 is 11.9 Å². The standard InChI is InChI=1S/C30H38N2O4/c1-2-3-4-5-6-7-22-8-13-25(14-9-22)30(34)36-28-15-10-23(11-16-28)12-17-29(33)35-21-24-18-26(31)20-27(32)19-24/h2,10-12,15-20,22,25H,1,3-9,13-14,21,31-32H2/b17-12+. The zero-order valence-corrected chi connectivity index (χ0v) is 21.0. The van der Waals surface area contributed by atoms with Gasteiger partial charge in [-0.1, -0.05) is 37.5 Å². The molecule has 0 atom stereocenters. The lowest BCUT2D eigenvalue weighted by molar-refractivity contribution is -0.140. The van der Waals surface area contributed by atoms with Crippen LogP contribution in [0.5, 0.6) is 5.75 Å². The number of hydrogen-bond acceptors (Lipinski definition) is 6. The molecule has 0 spiro atoms. The third-order valence-electron chi connectivity index (χ3n) is 6.63. The van der Waals surface area contributed by atoms with Gasteiger partial charge in [0, 0.05) is 17.5 Å². The smallest absolute Gasteiger partial charge is 0.331 e. The van der Waals surface area contributed by atoms with E-state index in [1.807, 2.05) is 6.08 Å². The first-order valence-electron chi connectivity index (χ1n) is 12.9. The largest absolute Gasteiger partial charge is 0.458 e. The van der Waals surface area contributed by atoms with E-state index in [4.69, 9.17) is 20.9 Å². The molecule has 1 saturated carbocycles. The zero-order chi connectivity index (χ0) is 25.8. The fraction of sp³-hybridized carbons (Fsp3) is 0.400. The van der Waals surface area contributed by atoms with Crippen molar-refractivity contribution in [3.05, 3.63) is 72.3 Å². The number of hydrogen-bond donors (Lipinski definition) is 2. The van der Waals surface area contributed by atoms with Crippen molar-refractivity contribution < 1.29 is 19.1 Å². The lowest BCUT2D eigenvalue weighted by Gasteiger charge is -2.27. The summed E-state index contributed by atoms with van der Waals surface area (Å²) in [5.41, 5.74) is 14.1. The number of allylic oxidation sites excluding steroid dienone is 1. The van der Waals surface area contributed by atoms with Crippen LogP contribution in [0.15, 0.2) is 61.2 Å². The van der Waals surface area contributed by atoms with Gasteiger partial charge in [-0.2, -0.15) is 0 Å². The van der Waals surface area contributed by atoms with E-state index >= 15 is 0 Å². The maximum absolute atomic E-state index is 12.6. The zero-order valence-electron chi connectivity index (χ0n) is 21.0. The number of unbranched alkanes of at least 4 members (excludes halogenated alkanes) is 3. The van der Waals surface area contributed by atoms with Gasteiger partial charge in [-0.3, -0.25) is 4.79 Å². The number of carbonyl (C=O) groups excluding carboxylic acids is 2. The van der Waals surface area contributed by atoms with Crippen molar-refractivity contribution in [2.75, 3.05) is 11.5 Å². The molecule has 2 aromatic carbocycles. The van der Waals surface area contributed by atoms with Gasteiger partial charge in [0.05, 0.1) is 5.92 Å². The van der Waals surface area contributed by atoms with Crippen LogP contribution in [0.2, 0.25) is 0 Å². The summed E-state index contributed by atoms with van der Waals surface area (Å²) >= 11 is 0. The first-order valence-corrected chi connectivity index (χ1v) is 12.9. The Balaban J connectivity index is 1.38. The van der Waals surface area contributed by atoms with Gasteiger partial charge < -0.3 is 20.9 Å². The molecule has 4 N–H and O–H groups in total. The van der Waals surface area contributed by atoms with E-state index in [2.05, 4.69) is 6.58 Å². The van der Waals surface area contributed by atoms with E-state index in [1.165, 1.54) is 31.8 Å². The molecular weight excluding hydrogens is 452 g/mol. The number of esters is 2. The van der Waals surface area contributed by atoms with E-state index < -0.39 is 5.97 Å². The van der Waals surface area contributed by atoms with Crippen LogP contribution < -0.4 is 16.2 Å². The molecule has 192 valence electrons. The van der Waals surface area contributed by atoms with Gasteiger partial charge in [-0.15, -0.1) is 6.58 Å². The minimum atomic E-state index is -0.473. The Kier molecular flexibility index (Phi) is 10.6. The number of nitrogens with two attached hydrogens (primary N) is 2. The summed E-state index contributed by atoms with van der Waals surface area (Å²) in [6.45, 7) is 3.86. The number of ether oxygens (including phenoxy) is 2. The third-order valence-corrected chi connectivity index (χ3v) is 6.63. The third kappa shape index (κ3) is 9.25. The molecule has 6 nitrogen and oxygen atoms in total. The first kappa shape index (κ1) is 27.1. The summed E-state index contributed by atoms with van der Waals surface area (Å²) in [7, 11) is 0. The Morgan fingerprint density at radius 3 is 2.31 bits per heavy atom. The average molecular weight is 491 g/mol. The average Bonchev–Trinajstić information content (AvgIpc) is 2.87. The molecule has 36 heavy (non-hydrogen) atoms. The number of rotatable bonds is 12. The van der Waals surface area contributed by atoms with Gasteiger partial charge in [0.1, 0.15) is 12.4 Å². The number of nitrogen functional groups attached to an aromatic ring is 2. The number of anilines is 2. The molecule has 0 bridgehead atoms. The van der Waals surface area contributed by atoms with Crippen molar-refractivity contribution in [1.29, 1.82) is 0 Å². The quantitative estimate of drug-likeness (QED) is 0.0884. The normalized spacial score (nSPS) is 17.6. The van der Waals surface area contributed by atoms with E-state index in [-0.39, 0.29) is 18.5 Å². The maximum atomic E-state index is 12.6. The van der Waals surface area contributed by atoms with Crippen LogP contribution >= 0.6 is 0 Å². The fourth-order valence-corrected chi connectivity index (χ4v) is 4.63. The fourth-order valence-electron chi connectivity index (χ4n) is 4.63. The molecule has 1 fully saturated rings. The Morgan fingerprint density at radius 1 is 0.944 bits per heavy atom. The van der Waals surface area contributed by atoms with Crippen LogP contribution in [0.25, 0.3) is 6.08 Å². The van der Waals surface area contributed by atoms with Crippen molar-refractivity contribution in [1.82, 2.24) is 0 Å². The highest BCUT2D eigenvalue weighted by Gasteiger charge is 2.27. The molecule has 0 aliphatic heterocycles. The molecule has 1 aliphatic rings. The summed E-state index contributed by atoms with van der Waals surface area (Å²) in [5, 5.41) is 0. The number of carbonyl (C=O) groups is 2. The molecule has 0 unspecified atom stereocenters. The van der Waals surface area contributed by atoms with Gasteiger partial charge in [-0.05, 0) is 92.0 Å². The molecule has 6 heteroatoms. The second-order valence-electron chi connectivity index (χ2n) is 9.58. The minimum absolute atomic E-state index is 0.0216. The molecule has 0 radical (unpaired) electrons. The summed E-state index contributed by atoms with van der Waals surface area (Å²) in [6.07, 6.45) is 15.1. The van der Waals surface area contributed by atoms with E-state index in [0.717, 1.165) is 49.1 Å². The molecule has 0 heterocycles. The molecule has 1 aliphatic carbocycles. The van der Waals surface area contributed by atoms with Gasteiger partial charge in [0.15, 0.2) is 0 Å². The molecule has 0 saturated heterocycles. The molecule has 3 rings (SSSR count). The van der Waals surface area contributed by atoms with Gasteiger partial charge in [0.25, 0.3) is 0 Å². The molecule has 0 aromatic heterocycles. The monoisotopic (exact) mass is 490 g/mol. The Labute approximate surface area is 214 Å². The Morgan fingerprint density at radius 2 is 1.64 bits per heavy atom. The topological polar surface area (TPSA) is 105 Å². The van der Waals surface area contributed by atoms with Crippen molar-refractivity contribution >= 4 is 29.4 Å². The van der Waals surface area contributed by atoms with Crippen LogP contribution in [0.3, 0.4) is 0 Å². The molecule has 0 amide bonds. The highest BCUT2D eigenvalue weighted by Crippen LogP contribution is 2.33. The maximum Gasteiger partial charge on any atom is 0.331 e.